The number of aromatic nitrogens is 2. The van der Waals surface area contributed by atoms with Gasteiger partial charge < -0.3 is 14.6 Å². The molecule has 1 aromatic heterocycles. The van der Waals surface area contributed by atoms with Gasteiger partial charge in [-0.2, -0.15) is 5.10 Å². The minimum Gasteiger partial charge on any atom is -0.495 e. The van der Waals surface area contributed by atoms with Crippen molar-refractivity contribution in [3.63, 3.8) is 0 Å². The first-order valence-electron chi connectivity index (χ1n) is 7.70. The molecule has 0 spiro atoms. The zero-order chi connectivity index (χ0) is 17.8. The van der Waals surface area contributed by atoms with E-state index >= 15 is 0 Å². The first-order chi connectivity index (χ1) is 12.1. The Morgan fingerprint density at radius 2 is 2.08 bits per heavy atom. The number of ether oxygens (including phenoxy) is 2. The van der Waals surface area contributed by atoms with Gasteiger partial charge in [-0.25, -0.2) is 0 Å². The van der Waals surface area contributed by atoms with Crippen LogP contribution in [0.4, 0.5) is 0 Å². The van der Waals surface area contributed by atoms with E-state index in [1.54, 1.807) is 29.3 Å². The van der Waals surface area contributed by atoms with E-state index in [4.69, 9.17) is 21.7 Å². The largest absolute Gasteiger partial charge is 0.495 e. The van der Waals surface area contributed by atoms with Crippen molar-refractivity contribution in [1.29, 1.82) is 0 Å². The number of para-hydroxylation sites is 2. The van der Waals surface area contributed by atoms with Crippen LogP contribution in [0, 0.1) is 4.77 Å². The molecule has 2 N–H and O–H groups in total. The molecule has 0 saturated carbocycles. The van der Waals surface area contributed by atoms with Crippen LogP contribution in [0.2, 0.25) is 0 Å². The van der Waals surface area contributed by atoms with E-state index in [1.165, 1.54) is 17.9 Å². The Balaban J connectivity index is 2.07. The molecule has 132 valence electrons. The molecular weight excluding hydrogens is 344 g/mol. The van der Waals surface area contributed by atoms with Crippen LogP contribution in [0.1, 0.15) is 5.56 Å². The zero-order valence-corrected chi connectivity index (χ0v) is 14.5. The predicted molar refractivity (Wildman–Crippen MR) is 95.4 cm³/mol. The number of hydrogen-bond donors (Lipinski definition) is 2. The molecule has 1 aliphatic heterocycles. The number of hydrogen-bond acceptors (Lipinski definition) is 7. The number of morpholine rings is 1. The van der Waals surface area contributed by atoms with Gasteiger partial charge in [-0.05, 0) is 24.4 Å². The lowest BCUT2D eigenvalue weighted by Crippen LogP contribution is -2.32. The highest BCUT2D eigenvalue weighted by Gasteiger charge is 2.16. The molecule has 0 amide bonds. The highest BCUT2D eigenvalue weighted by molar-refractivity contribution is 7.71. The highest BCUT2D eigenvalue weighted by Crippen LogP contribution is 2.26. The molecule has 0 radical (unpaired) electrons. The van der Waals surface area contributed by atoms with Gasteiger partial charge in [0.05, 0.1) is 45.3 Å². The highest BCUT2D eigenvalue weighted by atomic mass is 32.1. The Hall–Kier alpha value is -2.65. The summed E-state index contributed by atoms with van der Waals surface area (Å²) in [5.74, 6) is 0.215. The molecule has 1 saturated heterocycles. The average molecular weight is 362 g/mol. The third kappa shape index (κ3) is 3.57. The number of aromatic amines is 1. The first kappa shape index (κ1) is 17.2. The smallest absolute Gasteiger partial charge is 0.264 e. The van der Waals surface area contributed by atoms with Gasteiger partial charge in [0.2, 0.25) is 5.88 Å². The van der Waals surface area contributed by atoms with Crippen LogP contribution in [0.5, 0.6) is 11.6 Å². The molecule has 1 aromatic carbocycles. The lowest BCUT2D eigenvalue weighted by Gasteiger charge is -2.23. The Morgan fingerprint density at radius 1 is 1.36 bits per heavy atom. The van der Waals surface area contributed by atoms with E-state index in [0.29, 0.717) is 37.7 Å². The van der Waals surface area contributed by atoms with E-state index in [2.05, 4.69) is 10.1 Å². The van der Waals surface area contributed by atoms with Gasteiger partial charge >= 0.3 is 0 Å². The van der Waals surface area contributed by atoms with Crippen molar-refractivity contribution in [3.05, 3.63) is 45.0 Å². The predicted octanol–water partition coefficient (Wildman–Crippen LogP) is 1.28. The SMILES string of the molecule is COc1ccccc1-n1c(O)c(/C=N/N2CCOCC2)c(=O)[nH]c1=S. The summed E-state index contributed by atoms with van der Waals surface area (Å²) in [7, 11) is 1.52. The van der Waals surface area contributed by atoms with Crippen LogP contribution >= 0.6 is 12.2 Å². The number of rotatable bonds is 4. The molecule has 0 aliphatic carbocycles. The molecule has 9 heteroatoms. The summed E-state index contributed by atoms with van der Waals surface area (Å²) >= 11 is 5.21. The standard InChI is InChI=1S/C16H18N4O4S/c1-23-13-5-3-2-4-12(13)20-15(22)11(14(21)18-16(20)25)10-17-19-6-8-24-9-7-19/h2-5,10,22H,6-9H2,1H3,(H,18,21,25)/b17-10+. The molecule has 8 nitrogen and oxygen atoms in total. The summed E-state index contributed by atoms with van der Waals surface area (Å²) in [5.41, 5.74) is 0.0291. The number of aromatic hydroxyl groups is 1. The third-order valence-electron chi connectivity index (χ3n) is 3.78. The van der Waals surface area contributed by atoms with Crippen molar-refractivity contribution in [2.45, 2.75) is 0 Å². The Labute approximate surface area is 148 Å². The molecule has 2 aromatic rings. The van der Waals surface area contributed by atoms with Crippen LogP contribution in [0.3, 0.4) is 0 Å². The topological polar surface area (TPSA) is 92.1 Å². The van der Waals surface area contributed by atoms with E-state index in [0.717, 1.165) is 0 Å². The molecule has 3 rings (SSSR count). The summed E-state index contributed by atoms with van der Waals surface area (Å²) in [4.78, 5) is 14.8. The molecule has 1 fully saturated rings. The first-order valence-corrected chi connectivity index (χ1v) is 8.11. The van der Waals surface area contributed by atoms with E-state index in [9.17, 15) is 9.90 Å². The summed E-state index contributed by atoms with van der Waals surface area (Å²) in [6, 6.07) is 7.06. The molecule has 25 heavy (non-hydrogen) atoms. The van der Waals surface area contributed by atoms with Gasteiger partial charge in [-0.1, -0.05) is 12.1 Å². The number of H-pyrrole nitrogens is 1. The van der Waals surface area contributed by atoms with E-state index in [-0.39, 0.29) is 16.2 Å². The van der Waals surface area contributed by atoms with Crippen molar-refractivity contribution < 1.29 is 14.6 Å². The quantitative estimate of drug-likeness (QED) is 0.629. The normalized spacial score (nSPS) is 14.8. The van der Waals surface area contributed by atoms with Gasteiger partial charge in [-0.3, -0.25) is 19.4 Å². The van der Waals surface area contributed by atoms with Crippen molar-refractivity contribution in [3.8, 4) is 17.3 Å². The number of benzene rings is 1. The fourth-order valence-corrected chi connectivity index (χ4v) is 2.78. The Kier molecular flexibility index (Phi) is 5.15. The number of nitrogens with zero attached hydrogens (tertiary/aromatic N) is 3. The maximum absolute atomic E-state index is 12.2. The summed E-state index contributed by atoms with van der Waals surface area (Å²) < 4.78 is 12.0. The fraction of sp³-hybridized carbons (Fsp3) is 0.312. The van der Waals surface area contributed by atoms with Crippen molar-refractivity contribution >= 4 is 18.4 Å². The minimum atomic E-state index is -0.509. The van der Waals surface area contributed by atoms with Gasteiger partial charge in [0.25, 0.3) is 5.56 Å². The summed E-state index contributed by atoms with van der Waals surface area (Å²) in [6.45, 7) is 2.40. The van der Waals surface area contributed by atoms with Gasteiger partial charge in [0.15, 0.2) is 4.77 Å². The number of nitrogens with one attached hydrogen (secondary N) is 1. The van der Waals surface area contributed by atoms with Crippen molar-refractivity contribution in [2.75, 3.05) is 33.4 Å². The molecular formula is C16H18N4O4S. The van der Waals surface area contributed by atoms with E-state index in [1.807, 2.05) is 0 Å². The second-order valence-corrected chi connectivity index (χ2v) is 5.70. The third-order valence-corrected chi connectivity index (χ3v) is 4.07. The molecule has 1 aliphatic rings. The zero-order valence-electron chi connectivity index (χ0n) is 13.6. The number of hydrazone groups is 1. The maximum atomic E-state index is 12.2. The maximum Gasteiger partial charge on any atom is 0.264 e. The Bertz CT molecular complexity index is 900. The van der Waals surface area contributed by atoms with Crippen LogP contribution in [0.15, 0.2) is 34.2 Å². The molecule has 0 unspecified atom stereocenters. The lowest BCUT2D eigenvalue weighted by molar-refractivity contribution is 0.0396. The lowest BCUT2D eigenvalue weighted by atomic mass is 10.2. The van der Waals surface area contributed by atoms with Crippen molar-refractivity contribution in [2.24, 2.45) is 5.10 Å². The second kappa shape index (κ2) is 7.49. The minimum absolute atomic E-state index is 0.0194. The molecule has 0 atom stereocenters. The number of methoxy groups -OCH3 is 1. The Morgan fingerprint density at radius 3 is 2.80 bits per heavy atom. The fourth-order valence-electron chi connectivity index (χ4n) is 2.50. The van der Waals surface area contributed by atoms with E-state index < -0.39 is 5.56 Å². The van der Waals surface area contributed by atoms with Crippen LogP contribution < -0.4 is 10.3 Å². The monoisotopic (exact) mass is 362 g/mol. The summed E-state index contributed by atoms with van der Waals surface area (Å²) in [5, 5.41) is 16.7. The van der Waals surface area contributed by atoms with Crippen LogP contribution in [-0.2, 0) is 4.74 Å². The van der Waals surface area contributed by atoms with Gasteiger partial charge in [-0.15, -0.1) is 0 Å². The summed E-state index contributed by atoms with van der Waals surface area (Å²) in [6.07, 6.45) is 1.33. The molecule has 0 bridgehead atoms. The molecule has 2 heterocycles. The second-order valence-electron chi connectivity index (χ2n) is 5.31. The van der Waals surface area contributed by atoms with Gasteiger partial charge in [0, 0.05) is 0 Å². The van der Waals surface area contributed by atoms with Gasteiger partial charge in [0.1, 0.15) is 11.3 Å². The van der Waals surface area contributed by atoms with Crippen LogP contribution in [-0.4, -0.2) is 59.3 Å². The van der Waals surface area contributed by atoms with Crippen LogP contribution in [0.25, 0.3) is 5.69 Å². The average Bonchev–Trinajstić information content (AvgIpc) is 2.62. The van der Waals surface area contributed by atoms with Crippen molar-refractivity contribution in [1.82, 2.24) is 14.6 Å².